The Morgan fingerprint density at radius 3 is 2.21 bits per heavy atom. The van der Waals surface area contributed by atoms with Gasteiger partial charge in [-0.05, 0) is 62.7 Å². The van der Waals surface area contributed by atoms with E-state index in [1.807, 2.05) is 6.92 Å². The zero-order valence-electron chi connectivity index (χ0n) is 11.2. The number of nitrogens with one attached hydrogen (secondary N) is 1. The number of hydrogen-bond acceptors (Lipinski definition) is 2. The summed E-state index contributed by atoms with van der Waals surface area (Å²) in [5, 5.41) is 9.15. The molecule has 4 heteroatoms. The number of aromatic carboxylic acids is 1. The largest absolute Gasteiger partial charge is 0.476 e. The van der Waals surface area contributed by atoms with Crippen molar-refractivity contribution in [3.8, 4) is 0 Å². The lowest BCUT2D eigenvalue weighted by Gasteiger charge is -2.53. The molecule has 2 N–H and O–H groups in total. The van der Waals surface area contributed by atoms with Gasteiger partial charge in [-0.3, -0.25) is 0 Å². The molecule has 0 amide bonds. The Balaban J connectivity index is 1.69. The van der Waals surface area contributed by atoms with Crippen LogP contribution in [0.1, 0.15) is 60.0 Å². The molecule has 0 saturated heterocycles. The first kappa shape index (κ1) is 11.5. The van der Waals surface area contributed by atoms with Crippen LogP contribution in [0.15, 0.2) is 0 Å². The molecule has 19 heavy (non-hydrogen) atoms. The summed E-state index contributed by atoms with van der Waals surface area (Å²) >= 11 is 0. The molecule has 1 heterocycles. The third-order valence-electron chi connectivity index (χ3n) is 5.65. The second-order valence-corrected chi connectivity index (χ2v) is 6.86. The van der Waals surface area contributed by atoms with Crippen LogP contribution in [0.3, 0.4) is 0 Å². The molecule has 4 aliphatic carbocycles. The zero-order chi connectivity index (χ0) is 13.1. The SMILES string of the molecule is Cc1[nH]c(C2C3CC4CC(C3)CC2C4)nc1C(=O)O. The van der Waals surface area contributed by atoms with E-state index in [-0.39, 0.29) is 5.69 Å². The summed E-state index contributed by atoms with van der Waals surface area (Å²) in [4.78, 5) is 18.8. The Bertz CT molecular complexity index is 506. The van der Waals surface area contributed by atoms with Crippen LogP contribution < -0.4 is 0 Å². The first-order valence-electron chi connectivity index (χ1n) is 7.41. The molecule has 0 unspecified atom stereocenters. The molecule has 4 saturated carbocycles. The predicted octanol–water partition coefficient (Wildman–Crippen LogP) is 2.96. The predicted molar refractivity (Wildman–Crippen MR) is 70.1 cm³/mol. The number of nitrogens with zero attached hydrogens (tertiary/aromatic N) is 1. The fraction of sp³-hybridized carbons (Fsp3) is 0.733. The minimum absolute atomic E-state index is 0.212. The van der Waals surface area contributed by atoms with Crippen molar-refractivity contribution in [2.45, 2.75) is 44.9 Å². The average molecular weight is 260 g/mol. The van der Waals surface area contributed by atoms with Crippen LogP contribution in [0.5, 0.6) is 0 Å². The van der Waals surface area contributed by atoms with Gasteiger partial charge in [0.1, 0.15) is 5.82 Å². The van der Waals surface area contributed by atoms with Crippen molar-refractivity contribution < 1.29 is 9.90 Å². The van der Waals surface area contributed by atoms with E-state index in [0.29, 0.717) is 11.6 Å². The van der Waals surface area contributed by atoms with E-state index >= 15 is 0 Å². The Labute approximate surface area is 112 Å². The normalized spacial score (nSPS) is 39.7. The van der Waals surface area contributed by atoms with E-state index in [0.717, 1.165) is 29.5 Å². The monoisotopic (exact) mass is 260 g/mol. The molecule has 102 valence electrons. The number of carbonyl (C=O) groups is 1. The van der Waals surface area contributed by atoms with Crippen molar-refractivity contribution in [2.75, 3.05) is 0 Å². The van der Waals surface area contributed by atoms with Crippen molar-refractivity contribution in [3.63, 3.8) is 0 Å². The number of aromatic nitrogens is 2. The maximum Gasteiger partial charge on any atom is 0.356 e. The van der Waals surface area contributed by atoms with Gasteiger partial charge >= 0.3 is 5.97 Å². The highest BCUT2D eigenvalue weighted by Gasteiger charge is 2.49. The molecule has 5 rings (SSSR count). The third-order valence-corrected chi connectivity index (χ3v) is 5.65. The molecule has 0 spiro atoms. The molecule has 1 aromatic rings. The highest BCUT2D eigenvalue weighted by atomic mass is 16.4. The number of rotatable bonds is 2. The topological polar surface area (TPSA) is 66.0 Å². The van der Waals surface area contributed by atoms with Crippen molar-refractivity contribution in [2.24, 2.45) is 23.7 Å². The highest BCUT2D eigenvalue weighted by Crippen LogP contribution is 2.59. The summed E-state index contributed by atoms with van der Waals surface area (Å²) in [7, 11) is 0. The van der Waals surface area contributed by atoms with E-state index in [1.54, 1.807) is 0 Å². The van der Waals surface area contributed by atoms with Crippen LogP contribution in [-0.4, -0.2) is 21.0 Å². The number of hydrogen-bond donors (Lipinski definition) is 2. The molecule has 4 fully saturated rings. The van der Waals surface area contributed by atoms with Gasteiger partial charge in [0.05, 0.1) is 0 Å². The van der Waals surface area contributed by atoms with Crippen molar-refractivity contribution in [1.29, 1.82) is 0 Å². The first-order chi connectivity index (χ1) is 9.11. The average Bonchev–Trinajstić information content (AvgIpc) is 2.69. The van der Waals surface area contributed by atoms with Gasteiger partial charge < -0.3 is 10.1 Å². The number of H-pyrrole nitrogens is 1. The van der Waals surface area contributed by atoms with Gasteiger partial charge in [0.2, 0.25) is 0 Å². The smallest absolute Gasteiger partial charge is 0.356 e. The molecular formula is C15H20N2O2. The second-order valence-electron chi connectivity index (χ2n) is 6.86. The fourth-order valence-electron chi connectivity index (χ4n) is 5.22. The molecule has 4 aliphatic rings. The molecule has 0 aliphatic heterocycles. The van der Waals surface area contributed by atoms with E-state index < -0.39 is 5.97 Å². The lowest BCUT2D eigenvalue weighted by atomic mass is 9.52. The summed E-state index contributed by atoms with van der Waals surface area (Å²) in [6.07, 6.45) is 6.77. The van der Waals surface area contributed by atoms with Gasteiger partial charge in [-0.1, -0.05) is 0 Å². The van der Waals surface area contributed by atoms with Gasteiger partial charge in [-0.25, -0.2) is 9.78 Å². The lowest BCUT2D eigenvalue weighted by Crippen LogP contribution is -2.44. The van der Waals surface area contributed by atoms with Gasteiger partial charge in [0.25, 0.3) is 0 Å². The Hall–Kier alpha value is -1.32. The molecular weight excluding hydrogens is 240 g/mol. The van der Waals surface area contributed by atoms with Gasteiger partial charge in [-0.15, -0.1) is 0 Å². The summed E-state index contributed by atoms with van der Waals surface area (Å²) in [6, 6.07) is 0. The summed E-state index contributed by atoms with van der Waals surface area (Å²) in [5.41, 5.74) is 0.917. The Morgan fingerprint density at radius 2 is 1.74 bits per heavy atom. The Kier molecular flexibility index (Phi) is 2.32. The number of carboxylic acid groups (broad SMARTS) is 1. The third kappa shape index (κ3) is 1.65. The molecule has 0 radical (unpaired) electrons. The van der Waals surface area contributed by atoms with E-state index in [9.17, 15) is 4.79 Å². The maximum atomic E-state index is 11.1. The maximum absolute atomic E-state index is 11.1. The number of carboxylic acids is 1. The molecule has 4 nitrogen and oxygen atoms in total. The number of imidazole rings is 1. The fourth-order valence-corrected chi connectivity index (χ4v) is 5.22. The number of aryl methyl sites for hydroxylation is 1. The lowest BCUT2D eigenvalue weighted by molar-refractivity contribution is -0.00545. The summed E-state index contributed by atoms with van der Waals surface area (Å²) in [5.74, 6) is 3.88. The minimum atomic E-state index is -0.913. The molecule has 1 aromatic heterocycles. The summed E-state index contributed by atoms with van der Waals surface area (Å²) < 4.78 is 0. The first-order valence-corrected chi connectivity index (χ1v) is 7.41. The van der Waals surface area contributed by atoms with Crippen LogP contribution in [0.25, 0.3) is 0 Å². The standard InChI is InChI=1S/C15H20N2O2/c1-7-13(15(18)19)17-14(16-7)12-10-3-8-2-9(5-10)6-11(12)4-8/h8-12H,2-6H2,1H3,(H,16,17)(H,18,19). The van der Waals surface area contributed by atoms with Crippen LogP contribution in [0.4, 0.5) is 0 Å². The van der Waals surface area contributed by atoms with Crippen LogP contribution in [0.2, 0.25) is 0 Å². The van der Waals surface area contributed by atoms with E-state index in [1.165, 1.54) is 32.1 Å². The van der Waals surface area contributed by atoms with Gasteiger partial charge in [0, 0.05) is 11.6 Å². The zero-order valence-corrected chi connectivity index (χ0v) is 11.2. The molecule has 0 aromatic carbocycles. The van der Waals surface area contributed by atoms with E-state index in [2.05, 4.69) is 9.97 Å². The second kappa shape index (κ2) is 3.84. The number of aromatic amines is 1. The van der Waals surface area contributed by atoms with Crippen LogP contribution in [0, 0.1) is 30.6 Å². The van der Waals surface area contributed by atoms with Gasteiger partial charge in [-0.2, -0.15) is 0 Å². The minimum Gasteiger partial charge on any atom is -0.476 e. The van der Waals surface area contributed by atoms with Crippen molar-refractivity contribution >= 4 is 5.97 Å². The van der Waals surface area contributed by atoms with Crippen molar-refractivity contribution in [1.82, 2.24) is 9.97 Å². The molecule has 0 atom stereocenters. The highest BCUT2D eigenvalue weighted by molar-refractivity contribution is 5.86. The van der Waals surface area contributed by atoms with Gasteiger partial charge in [0.15, 0.2) is 5.69 Å². The van der Waals surface area contributed by atoms with Crippen LogP contribution >= 0.6 is 0 Å². The van der Waals surface area contributed by atoms with E-state index in [4.69, 9.17) is 5.11 Å². The molecule has 4 bridgehead atoms. The van der Waals surface area contributed by atoms with Crippen molar-refractivity contribution in [3.05, 3.63) is 17.2 Å². The Morgan fingerprint density at radius 1 is 1.16 bits per heavy atom. The van der Waals surface area contributed by atoms with Crippen LogP contribution in [-0.2, 0) is 0 Å². The summed E-state index contributed by atoms with van der Waals surface area (Å²) in [6.45, 7) is 1.82. The quantitative estimate of drug-likeness (QED) is 0.859.